The molecule has 1 heterocycles. The fourth-order valence-electron chi connectivity index (χ4n) is 1.95. The van der Waals surface area contributed by atoms with Crippen LogP contribution in [0.15, 0.2) is 28.1 Å². The number of hydrogen-bond acceptors (Lipinski definition) is 5. The van der Waals surface area contributed by atoms with Crippen molar-refractivity contribution in [3.8, 4) is 11.5 Å². The van der Waals surface area contributed by atoms with Crippen molar-refractivity contribution < 1.29 is 14.3 Å². The number of amides is 1. The maximum absolute atomic E-state index is 12.1. The predicted molar refractivity (Wildman–Crippen MR) is 85.9 cm³/mol. The quantitative estimate of drug-likeness (QED) is 0.802. The Kier molecular flexibility index (Phi) is 4.90. The Balaban J connectivity index is 2.31. The van der Waals surface area contributed by atoms with E-state index in [2.05, 4.69) is 4.99 Å². The van der Waals surface area contributed by atoms with Crippen LogP contribution in [0, 0.1) is 0 Å². The van der Waals surface area contributed by atoms with Gasteiger partial charge in [0.25, 0.3) is 5.91 Å². The largest absolute Gasteiger partial charge is 0.493 e. The first-order valence-corrected chi connectivity index (χ1v) is 7.37. The highest BCUT2D eigenvalue weighted by atomic mass is 32.2. The van der Waals surface area contributed by atoms with Crippen molar-refractivity contribution in [1.29, 1.82) is 0 Å². The molecule has 0 unspecified atom stereocenters. The van der Waals surface area contributed by atoms with Gasteiger partial charge in [0.1, 0.15) is 0 Å². The Bertz CT molecular complexity index is 611. The maximum Gasteiger partial charge on any atom is 0.266 e. The van der Waals surface area contributed by atoms with Gasteiger partial charge in [0.05, 0.1) is 18.6 Å². The molecule has 112 valence electrons. The van der Waals surface area contributed by atoms with Gasteiger partial charge >= 0.3 is 0 Å². The number of amidine groups is 1. The van der Waals surface area contributed by atoms with Crippen LogP contribution in [0.2, 0.25) is 0 Å². The highest BCUT2D eigenvalue weighted by Crippen LogP contribution is 2.33. The van der Waals surface area contributed by atoms with Crippen molar-refractivity contribution in [2.75, 3.05) is 27.8 Å². The number of likely N-dealkylation sites (N-methyl/N-ethyl adjacent to an activating group) is 1. The molecule has 1 aliphatic rings. The summed E-state index contributed by atoms with van der Waals surface area (Å²) < 4.78 is 10.8. The van der Waals surface area contributed by atoms with Crippen LogP contribution < -0.4 is 9.47 Å². The van der Waals surface area contributed by atoms with E-state index in [4.69, 9.17) is 9.47 Å². The number of hydrogen-bond donors (Lipinski definition) is 0. The molecule has 1 aromatic carbocycles. The summed E-state index contributed by atoms with van der Waals surface area (Å²) in [6.45, 7) is 2.50. The van der Waals surface area contributed by atoms with E-state index in [-0.39, 0.29) is 5.91 Å². The van der Waals surface area contributed by atoms with Crippen LogP contribution >= 0.6 is 11.8 Å². The van der Waals surface area contributed by atoms with E-state index >= 15 is 0 Å². The van der Waals surface area contributed by atoms with E-state index in [0.29, 0.717) is 28.2 Å². The highest BCUT2D eigenvalue weighted by molar-refractivity contribution is 8.18. The molecule has 1 amide bonds. The fourth-order valence-corrected chi connectivity index (χ4v) is 2.88. The smallest absolute Gasteiger partial charge is 0.266 e. The molecule has 0 radical (unpaired) electrons. The second-order valence-corrected chi connectivity index (χ2v) is 5.33. The maximum atomic E-state index is 12.1. The van der Waals surface area contributed by atoms with E-state index in [1.165, 1.54) is 11.8 Å². The lowest BCUT2D eigenvalue weighted by Crippen LogP contribution is -2.23. The van der Waals surface area contributed by atoms with Crippen molar-refractivity contribution in [3.05, 3.63) is 28.7 Å². The van der Waals surface area contributed by atoms with Crippen LogP contribution in [0.4, 0.5) is 0 Å². The lowest BCUT2D eigenvalue weighted by molar-refractivity contribution is -0.121. The molecule has 1 fully saturated rings. The van der Waals surface area contributed by atoms with Gasteiger partial charge in [-0.05, 0) is 42.5 Å². The normalized spacial score (nSPS) is 18.7. The second kappa shape index (κ2) is 6.67. The Hall–Kier alpha value is -1.95. The first kappa shape index (κ1) is 15.4. The second-order valence-electron chi connectivity index (χ2n) is 4.32. The van der Waals surface area contributed by atoms with Crippen LogP contribution in [0.3, 0.4) is 0 Å². The number of thioether (sulfide) groups is 1. The number of benzene rings is 1. The Morgan fingerprint density at radius 1 is 1.38 bits per heavy atom. The van der Waals surface area contributed by atoms with Crippen LogP contribution in [0.1, 0.15) is 12.5 Å². The third kappa shape index (κ3) is 3.21. The number of methoxy groups -OCH3 is 1. The summed E-state index contributed by atoms with van der Waals surface area (Å²) in [7, 11) is 4.99. The molecular weight excluding hydrogens is 288 g/mol. The summed E-state index contributed by atoms with van der Waals surface area (Å²) in [5.41, 5.74) is 0.886. The number of nitrogens with zero attached hydrogens (tertiary/aromatic N) is 2. The fraction of sp³-hybridized carbons (Fsp3) is 0.333. The summed E-state index contributed by atoms with van der Waals surface area (Å²) in [4.78, 5) is 18.4. The van der Waals surface area contributed by atoms with Gasteiger partial charge in [-0.2, -0.15) is 0 Å². The Morgan fingerprint density at radius 3 is 2.71 bits per heavy atom. The molecule has 1 saturated heterocycles. The van der Waals surface area contributed by atoms with Crippen molar-refractivity contribution in [3.63, 3.8) is 0 Å². The molecule has 21 heavy (non-hydrogen) atoms. The van der Waals surface area contributed by atoms with E-state index in [9.17, 15) is 4.79 Å². The van der Waals surface area contributed by atoms with Crippen LogP contribution in [-0.4, -0.2) is 43.8 Å². The molecular formula is C15H18N2O3S. The van der Waals surface area contributed by atoms with E-state index in [1.807, 2.05) is 31.2 Å². The van der Waals surface area contributed by atoms with Crippen molar-refractivity contribution in [1.82, 2.24) is 4.90 Å². The molecule has 0 N–H and O–H groups in total. The first-order chi connectivity index (χ1) is 10.1. The molecule has 0 saturated carbocycles. The molecule has 1 aliphatic heterocycles. The molecule has 6 heteroatoms. The first-order valence-electron chi connectivity index (χ1n) is 6.56. The number of ether oxygens (including phenoxy) is 2. The molecule has 0 spiro atoms. The van der Waals surface area contributed by atoms with Crippen molar-refractivity contribution >= 4 is 28.9 Å². The number of rotatable bonds is 4. The average Bonchev–Trinajstić information content (AvgIpc) is 2.76. The number of aliphatic imine (C=N–C) groups is 1. The van der Waals surface area contributed by atoms with Gasteiger partial charge in [-0.25, -0.2) is 0 Å². The van der Waals surface area contributed by atoms with E-state index in [1.54, 1.807) is 26.1 Å². The summed E-state index contributed by atoms with van der Waals surface area (Å²) in [5.74, 6) is 1.30. The minimum absolute atomic E-state index is 0.0477. The predicted octanol–water partition coefficient (Wildman–Crippen LogP) is 2.63. The monoisotopic (exact) mass is 306 g/mol. The van der Waals surface area contributed by atoms with Gasteiger partial charge in [-0.1, -0.05) is 6.07 Å². The molecule has 1 aromatic rings. The summed E-state index contributed by atoms with van der Waals surface area (Å²) in [5, 5.41) is 0.698. The van der Waals surface area contributed by atoms with Crippen molar-refractivity contribution in [2.45, 2.75) is 6.92 Å². The Labute approximate surface area is 128 Å². The van der Waals surface area contributed by atoms with Gasteiger partial charge < -0.3 is 9.47 Å². The zero-order valence-corrected chi connectivity index (χ0v) is 13.4. The van der Waals surface area contributed by atoms with Crippen LogP contribution in [0.25, 0.3) is 6.08 Å². The summed E-state index contributed by atoms with van der Waals surface area (Å²) in [6.07, 6.45) is 1.83. The number of carbonyl (C=O) groups is 1. The highest BCUT2D eigenvalue weighted by Gasteiger charge is 2.29. The molecule has 5 nitrogen and oxygen atoms in total. The SMILES string of the molecule is CCOc1ccc(/C=C2/SC(=NC)N(C)C2=O)cc1OC. The summed E-state index contributed by atoms with van der Waals surface area (Å²) >= 11 is 1.37. The Morgan fingerprint density at radius 2 is 2.14 bits per heavy atom. The average molecular weight is 306 g/mol. The minimum atomic E-state index is -0.0477. The van der Waals surface area contributed by atoms with Gasteiger partial charge in [-0.3, -0.25) is 14.7 Å². The van der Waals surface area contributed by atoms with E-state index in [0.717, 1.165) is 5.56 Å². The molecule has 2 rings (SSSR count). The molecule has 0 bridgehead atoms. The lowest BCUT2D eigenvalue weighted by Gasteiger charge is -2.09. The van der Waals surface area contributed by atoms with E-state index < -0.39 is 0 Å². The topological polar surface area (TPSA) is 51.1 Å². The summed E-state index contributed by atoms with van der Waals surface area (Å²) in [6, 6.07) is 5.60. The molecule has 0 atom stereocenters. The third-order valence-electron chi connectivity index (χ3n) is 2.98. The molecule has 0 aliphatic carbocycles. The number of carbonyl (C=O) groups excluding carboxylic acids is 1. The zero-order chi connectivity index (χ0) is 15.4. The third-order valence-corrected chi connectivity index (χ3v) is 4.13. The van der Waals surface area contributed by atoms with Gasteiger partial charge in [0, 0.05) is 14.1 Å². The van der Waals surface area contributed by atoms with Crippen LogP contribution in [-0.2, 0) is 4.79 Å². The lowest BCUT2D eigenvalue weighted by atomic mass is 10.2. The molecule has 0 aromatic heterocycles. The standard InChI is InChI=1S/C15H18N2O3S/c1-5-20-11-7-6-10(8-12(11)19-4)9-13-14(18)17(3)15(16-2)21-13/h6-9H,5H2,1-4H3/b13-9+,16-15?. The minimum Gasteiger partial charge on any atom is -0.493 e. The van der Waals surface area contributed by atoms with Crippen LogP contribution in [0.5, 0.6) is 11.5 Å². The van der Waals surface area contributed by atoms with Gasteiger partial charge in [-0.15, -0.1) is 0 Å². The van der Waals surface area contributed by atoms with Crippen molar-refractivity contribution in [2.24, 2.45) is 4.99 Å². The zero-order valence-electron chi connectivity index (χ0n) is 12.5. The van der Waals surface area contributed by atoms with Gasteiger partial charge in [0.2, 0.25) is 0 Å². The van der Waals surface area contributed by atoms with Gasteiger partial charge in [0.15, 0.2) is 16.7 Å².